The summed E-state index contributed by atoms with van der Waals surface area (Å²) in [4.78, 5) is 25.5. The van der Waals surface area contributed by atoms with Gasteiger partial charge in [0.25, 0.3) is 0 Å². The first kappa shape index (κ1) is 14.7. The summed E-state index contributed by atoms with van der Waals surface area (Å²) in [6, 6.07) is 6.97. The first-order chi connectivity index (χ1) is 10.4. The number of rotatable bonds is 3. The third-order valence-electron chi connectivity index (χ3n) is 4.21. The lowest BCUT2D eigenvalue weighted by atomic mass is 9.70. The Labute approximate surface area is 129 Å². The molecule has 0 amide bonds. The number of ketones is 2. The zero-order valence-corrected chi connectivity index (χ0v) is 12.7. The molecule has 0 fully saturated rings. The zero-order chi connectivity index (χ0) is 15.9. The summed E-state index contributed by atoms with van der Waals surface area (Å²) < 4.78 is 0. The first-order valence-electron chi connectivity index (χ1n) is 7.39. The van der Waals surface area contributed by atoms with E-state index in [0.717, 1.165) is 0 Å². The molecule has 0 aromatic heterocycles. The van der Waals surface area contributed by atoms with Gasteiger partial charge in [-0.15, -0.1) is 0 Å². The normalized spacial score (nSPS) is 23.7. The van der Waals surface area contributed by atoms with Crippen LogP contribution in [0.5, 0.6) is 0 Å². The van der Waals surface area contributed by atoms with Gasteiger partial charge in [-0.2, -0.15) is 0 Å². The van der Waals surface area contributed by atoms with E-state index in [1.54, 1.807) is 36.4 Å². The number of benzene rings is 1. The number of carbonyl (C=O) groups excluding carboxylic acids is 2. The van der Waals surface area contributed by atoms with Crippen molar-refractivity contribution in [1.82, 2.24) is 5.32 Å². The molecule has 0 radical (unpaired) electrons. The Bertz CT molecular complexity index is 700. The first-order valence-corrected chi connectivity index (χ1v) is 7.39. The number of carbonyl (C=O) groups is 2. The van der Waals surface area contributed by atoms with Gasteiger partial charge in [0.2, 0.25) is 0 Å². The summed E-state index contributed by atoms with van der Waals surface area (Å²) in [5.41, 5.74) is 1.13. The molecule has 2 N–H and O–H groups in total. The maximum absolute atomic E-state index is 12.9. The molecule has 0 saturated heterocycles. The van der Waals surface area contributed by atoms with Crippen LogP contribution in [0.4, 0.5) is 0 Å². The van der Waals surface area contributed by atoms with E-state index >= 15 is 0 Å². The Morgan fingerprint density at radius 3 is 2.41 bits per heavy atom. The molecule has 0 saturated carbocycles. The lowest BCUT2D eigenvalue weighted by Crippen LogP contribution is -2.48. The van der Waals surface area contributed by atoms with E-state index in [4.69, 9.17) is 0 Å². The summed E-state index contributed by atoms with van der Waals surface area (Å²) in [6.07, 6.45) is 5.41. The topological polar surface area (TPSA) is 66.4 Å². The molecule has 2 atom stereocenters. The van der Waals surface area contributed by atoms with Crippen LogP contribution in [0.25, 0.3) is 0 Å². The molecule has 2 aliphatic rings. The Kier molecular flexibility index (Phi) is 3.49. The molecule has 114 valence electrons. The highest BCUT2D eigenvalue weighted by atomic mass is 16.3. The number of hydrogen-bond acceptors (Lipinski definition) is 4. The molecule has 1 aromatic carbocycles. The highest BCUT2D eigenvalue weighted by Gasteiger charge is 2.43. The maximum Gasteiger partial charge on any atom is 0.173 e. The van der Waals surface area contributed by atoms with Crippen LogP contribution in [-0.4, -0.2) is 28.8 Å². The molecular formula is C18H19NO3. The Morgan fingerprint density at radius 1 is 1.14 bits per heavy atom. The molecule has 0 bridgehead atoms. The number of hydrogen-bond donors (Lipinski definition) is 2. The van der Waals surface area contributed by atoms with Crippen molar-refractivity contribution in [2.45, 2.75) is 19.4 Å². The van der Waals surface area contributed by atoms with Crippen LogP contribution in [0.3, 0.4) is 0 Å². The van der Waals surface area contributed by atoms with Crippen molar-refractivity contribution in [3.63, 3.8) is 0 Å². The lowest BCUT2D eigenvalue weighted by Gasteiger charge is -2.36. The Hall–Kier alpha value is -2.20. The molecular weight excluding hydrogens is 278 g/mol. The van der Waals surface area contributed by atoms with Gasteiger partial charge in [-0.05, 0) is 19.9 Å². The van der Waals surface area contributed by atoms with Crippen molar-refractivity contribution in [1.29, 1.82) is 0 Å². The molecule has 0 aliphatic heterocycles. The van der Waals surface area contributed by atoms with Crippen molar-refractivity contribution in [3.8, 4) is 0 Å². The van der Waals surface area contributed by atoms with Crippen LogP contribution in [0.15, 0.2) is 48.2 Å². The fourth-order valence-electron chi connectivity index (χ4n) is 3.04. The number of Topliss-reactive ketones (excluding diaryl/α,β-unsaturated/α-hetero) is 2. The molecule has 2 aliphatic carbocycles. The number of nitrogens with one attached hydrogen (secondary N) is 1. The summed E-state index contributed by atoms with van der Waals surface area (Å²) in [7, 11) is 0. The summed E-state index contributed by atoms with van der Waals surface area (Å²) in [5, 5.41) is 12.6. The van der Waals surface area contributed by atoms with Gasteiger partial charge in [-0.1, -0.05) is 36.4 Å². The summed E-state index contributed by atoms with van der Waals surface area (Å²) in [5.74, 6) is -1.06. The SMILES string of the molecule is CC(C)(CO)NC1=CC=CC2C(=O)c3ccccc3C(=O)C12. The minimum absolute atomic E-state index is 0.0225. The smallest absolute Gasteiger partial charge is 0.173 e. The molecule has 22 heavy (non-hydrogen) atoms. The van der Waals surface area contributed by atoms with E-state index < -0.39 is 17.4 Å². The van der Waals surface area contributed by atoms with Gasteiger partial charge in [0.05, 0.1) is 24.0 Å². The molecule has 0 heterocycles. The fourth-order valence-corrected chi connectivity index (χ4v) is 3.04. The fraction of sp³-hybridized carbons (Fsp3) is 0.333. The van der Waals surface area contributed by atoms with Gasteiger partial charge < -0.3 is 10.4 Å². The van der Waals surface area contributed by atoms with E-state index in [0.29, 0.717) is 16.8 Å². The number of allylic oxidation sites excluding steroid dienone is 4. The van der Waals surface area contributed by atoms with Gasteiger partial charge in [0.1, 0.15) is 0 Å². The minimum atomic E-state index is -0.554. The van der Waals surface area contributed by atoms with Crippen molar-refractivity contribution in [2.75, 3.05) is 6.61 Å². The number of aliphatic hydroxyl groups excluding tert-OH is 1. The van der Waals surface area contributed by atoms with Gasteiger partial charge in [0.15, 0.2) is 11.6 Å². The van der Waals surface area contributed by atoms with Crippen LogP contribution in [0, 0.1) is 11.8 Å². The third kappa shape index (κ3) is 2.29. The predicted octanol–water partition coefficient (Wildman–Crippen LogP) is 2.11. The molecule has 2 unspecified atom stereocenters. The Balaban J connectivity index is 2.03. The monoisotopic (exact) mass is 297 g/mol. The summed E-state index contributed by atoms with van der Waals surface area (Å²) in [6.45, 7) is 3.64. The van der Waals surface area contributed by atoms with Crippen molar-refractivity contribution in [3.05, 3.63) is 59.3 Å². The van der Waals surface area contributed by atoms with Gasteiger partial charge >= 0.3 is 0 Å². The average molecular weight is 297 g/mol. The third-order valence-corrected chi connectivity index (χ3v) is 4.21. The van der Waals surface area contributed by atoms with Crippen molar-refractivity contribution in [2.24, 2.45) is 11.8 Å². The van der Waals surface area contributed by atoms with E-state index in [-0.39, 0.29) is 18.2 Å². The highest BCUT2D eigenvalue weighted by molar-refractivity contribution is 6.17. The van der Waals surface area contributed by atoms with Crippen molar-refractivity contribution < 1.29 is 14.7 Å². The lowest BCUT2D eigenvalue weighted by molar-refractivity contribution is 0.0781. The van der Waals surface area contributed by atoms with E-state index in [9.17, 15) is 14.7 Å². The molecule has 1 aromatic rings. The van der Waals surface area contributed by atoms with E-state index in [1.165, 1.54) is 0 Å². The second-order valence-corrected chi connectivity index (χ2v) is 6.45. The second-order valence-electron chi connectivity index (χ2n) is 6.45. The number of fused-ring (bicyclic) bond motifs is 2. The van der Waals surface area contributed by atoms with Crippen LogP contribution in [0.2, 0.25) is 0 Å². The van der Waals surface area contributed by atoms with E-state index in [1.807, 2.05) is 19.9 Å². The quantitative estimate of drug-likeness (QED) is 0.897. The zero-order valence-electron chi connectivity index (χ0n) is 12.7. The maximum atomic E-state index is 12.9. The number of aliphatic hydroxyl groups is 1. The molecule has 0 spiro atoms. The van der Waals surface area contributed by atoms with Crippen LogP contribution in [-0.2, 0) is 0 Å². The van der Waals surface area contributed by atoms with Gasteiger partial charge in [-0.25, -0.2) is 0 Å². The van der Waals surface area contributed by atoms with E-state index in [2.05, 4.69) is 5.32 Å². The largest absolute Gasteiger partial charge is 0.394 e. The summed E-state index contributed by atoms with van der Waals surface area (Å²) >= 11 is 0. The predicted molar refractivity (Wildman–Crippen MR) is 83.6 cm³/mol. The molecule has 4 nitrogen and oxygen atoms in total. The molecule has 3 rings (SSSR count). The van der Waals surface area contributed by atoms with Crippen LogP contribution < -0.4 is 5.32 Å². The van der Waals surface area contributed by atoms with Gasteiger partial charge in [0, 0.05) is 16.8 Å². The average Bonchev–Trinajstić information content (AvgIpc) is 2.52. The molecule has 4 heteroatoms. The van der Waals surface area contributed by atoms with Gasteiger partial charge in [-0.3, -0.25) is 9.59 Å². The highest BCUT2D eigenvalue weighted by Crippen LogP contribution is 2.37. The Morgan fingerprint density at radius 2 is 1.77 bits per heavy atom. The minimum Gasteiger partial charge on any atom is -0.394 e. The standard InChI is InChI=1S/C18H19NO3/c1-18(2,10-20)19-14-9-5-8-13-15(14)17(22)12-7-4-3-6-11(12)16(13)21/h3-9,13,15,19-20H,10H2,1-2H3. The second kappa shape index (κ2) is 5.21. The van der Waals surface area contributed by atoms with Crippen LogP contribution in [0.1, 0.15) is 34.6 Å². The van der Waals surface area contributed by atoms with Crippen LogP contribution >= 0.6 is 0 Å². The van der Waals surface area contributed by atoms with Crippen molar-refractivity contribution >= 4 is 11.6 Å².